The van der Waals surface area contributed by atoms with Gasteiger partial charge in [0.05, 0.1) is 6.10 Å². The summed E-state index contributed by atoms with van der Waals surface area (Å²) in [7, 11) is 0. The van der Waals surface area contributed by atoms with Crippen LogP contribution in [0.1, 0.15) is 92.9 Å². The summed E-state index contributed by atoms with van der Waals surface area (Å²) < 4.78 is 0. The van der Waals surface area contributed by atoms with Gasteiger partial charge >= 0.3 is 0 Å². The summed E-state index contributed by atoms with van der Waals surface area (Å²) in [6.45, 7) is 14.6. The van der Waals surface area contributed by atoms with Gasteiger partial charge in [0.2, 0.25) is 0 Å². The third-order valence-corrected chi connectivity index (χ3v) is 9.91. The zero-order valence-corrected chi connectivity index (χ0v) is 19.8. The quantitative estimate of drug-likeness (QED) is 0.488. The smallest absolute Gasteiger partial charge is 0.0578 e. The van der Waals surface area contributed by atoms with E-state index in [0.717, 1.165) is 43.4 Å². The largest absolute Gasteiger partial charge is 0.393 e. The molecular weight excluding hydrogens is 352 g/mol. The number of aliphatic hydroxyl groups excluding tert-OH is 1. The van der Waals surface area contributed by atoms with Gasteiger partial charge in [0.15, 0.2) is 0 Å². The molecule has 0 amide bonds. The maximum atomic E-state index is 10.2. The van der Waals surface area contributed by atoms with E-state index < -0.39 is 0 Å². The van der Waals surface area contributed by atoms with E-state index in [1.165, 1.54) is 25.7 Å². The fraction of sp³-hybridized carbons (Fsp3) is 0.786. The first-order valence-electron chi connectivity index (χ1n) is 12.4. The van der Waals surface area contributed by atoms with Gasteiger partial charge < -0.3 is 5.11 Å². The molecule has 0 spiro atoms. The van der Waals surface area contributed by atoms with E-state index in [-0.39, 0.29) is 11.5 Å². The first kappa shape index (κ1) is 21.4. The summed E-state index contributed by atoms with van der Waals surface area (Å²) >= 11 is 0. The van der Waals surface area contributed by atoms with Crippen molar-refractivity contribution < 1.29 is 5.11 Å². The SMILES string of the molecule is CC(C)[C@@H](C)/C=C/[C@@H](C)[C@H]1CCC2C3=C(CC[C@@]21C)[C@@]1(C)CC[C@H](O)CC1=CC3. The molecule has 1 heteroatoms. The van der Waals surface area contributed by atoms with Crippen molar-refractivity contribution in [3.8, 4) is 0 Å². The minimum Gasteiger partial charge on any atom is -0.393 e. The number of fused-ring (bicyclic) bond motifs is 4. The topological polar surface area (TPSA) is 20.2 Å². The van der Waals surface area contributed by atoms with E-state index in [1.807, 2.05) is 5.57 Å². The number of allylic oxidation sites excluding steroid dienone is 5. The molecule has 1 N–H and O–H groups in total. The Hall–Kier alpha value is -0.820. The summed E-state index contributed by atoms with van der Waals surface area (Å²) in [6, 6.07) is 0. The molecule has 1 nitrogen and oxygen atoms in total. The maximum Gasteiger partial charge on any atom is 0.0578 e. The van der Waals surface area contributed by atoms with Gasteiger partial charge in [-0.05, 0) is 86.4 Å². The summed E-state index contributed by atoms with van der Waals surface area (Å²) in [5.41, 5.74) is 5.88. The Morgan fingerprint density at radius 1 is 1.03 bits per heavy atom. The van der Waals surface area contributed by atoms with Gasteiger partial charge in [0, 0.05) is 5.41 Å². The van der Waals surface area contributed by atoms with Crippen molar-refractivity contribution >= 4 is 0 Å². The van der Waals surface area contributed by atoms with Crippen molar-refractivity contribution in [2.45, 2.75) is 99.0 Å². The van der Waals surface area contributed by atoms with E-state index in [4.69, 9.17) is 0 Å². The van der Waals surface area contributed by atoms with Gasteiger partial charge in [-0.1, -0.05) is 76.5 Å². The van der Waals surface area contributed by atoms with Crippen LogP contribution in [0.4, 0.5) is 0 Å². The molecule has 2 fully saturated rings. The van der Waals surface area contributed by atoms with Crippen LogP contribution >= 0.6 is 0 Å². The van der Waals surface area contributed by atoms with Gasteiger partial charge in [0.1, 0.15) is 0 Å². The molecule has 4 aliphatic rings. The summed E-state index contributed by atoms with van der Waals surface area (Å²) in [6.07, 6.45) is 17.1. The van der Waals surface area contributed by atoms with Crippen LogP contribution in [0.15, 0.2) is 34.9 Å². The standard InChI is InChI=1S/C28H44O/c1-18(2)19(3)7-8-20(4)24-11-12-25-23-10-9-21-17-22(29)13-15-27(21,5)26(23)14-16-28(24,25)6/h7-9,18-20,22,24-25,29H,10-17H2,1-6H3/b8-7+/t19-,20+,22-,24+,25?,27-,28+/m0/s1. The minimum absolute atomic E-state index is 0.109. The van der Waals surface area contributed by atoms with Gasteiger partial charge in [-0.3, -0.25) is 0 Å². The van der Waals surface area contributed by atoms with Crippen molar-refractivity contribution in [3.05, 3.63) is 34.9 Å². The summed E-state index contributed by atoms with van der Waals surface area (Å²) in [4.78, 5) is 0. The molecule has 0 aromatic carbocycles. The van der Waals surface area contributed by atoms with Crippen LogP contribution in [-0.4, -0.2) is 11.2 Å². The molecule has 29 heavy (non-hydrogen) atoms. The highest BCUT2D eigenvalue weighted by atomic mass is 16.3. The van der Waals surface area contributed by atoms with E-state index >= 15 is 0 Å². The monoisotopic (exact) mass is 396 g/mol. The summed E-state index contributed by atoms with van der Waals surface area (Å²) in [5, 5.41) is 10.2. The lowest BCUT2D eigenvalue weighted by Crippen LogP contribution is -2.41. The van der Waals surface area contributed by atoms with Crippen LogP contribution < -0.4 is 0 Å². The molecular formula is C28H44O. The molecule has 0 aromatic heterocycles. The lowest BCUT2D eigenvalue weighted by Gasteiger charge is -2.52. The molecule has 0 saturated heterocycles. The van der Waals surface area contributed by atoms with Gasteiger partial charge in [0.25, 0.3) is 0 Å². The van der Waals surface area contributed by atoms with Gasteiger partial charge in [-0.2, -0.15) is 0 Å². The fourth-order valence-electron chi connectivity index (χ4n) is 7.51. The first-order valence-corrected chi connectivity index (χ1v) is 12.4. The Morgan fingerprint density at radius 3 is 2.52 bits per heavy atom. The van der Waals surface area contributed by atoms with Crippen LogP contribution in [0.2, 0.25) is 0 Å². The molecule has 0 heterocycles. The normalized spacial score (nSPS) is 41.8. The van der Waals surface area contributed by atoms with Crippen molar-refractivity contribution in [1.29, 1.82) is 0 Å². The molecule has 162 valence electrons. The van der Waals surface area contributed by atoms with Gasteiger partial charge in [-0.15, -0.1) is 0 Å². The van der Waals surface area contributed by atoms with Crippen molar-refractivity contribution in [3.63, 3.8) is 0 Å². The zero-order valence-electron chi connectivity index (χ0n) is 19.8. The number of rotatable bonds is 4. The third kappa shape index (κ3) is 3.50. The Labute approximate surface area is 179 Å². The van der Waals surface area contributed by atoms with Crippen molar-refractivity contribution in [2.24, 2.45) is 40.4 Å². The Morgan fingerprint density at radius 2 is 1.79 bits per heavy atom. The molecule has 0 aliphatic heterocycles. The molecule has 2 saturated carbocycles. The second kappa shape index (κ2) is 7.70. The van der Waals surface area contributed by atoms with Crippen LogP contribution in [0.25, 0.3) is 0 Å². The van der Waals surface area contributed by atoms with Crippen LogP contribution in [-0.2, 0) is 0 Å². The Bertz CT molecular complexity index is 725. The van der Waals surface area contributed by atoms with E-state index in [0.29, 0.717) is 17.3 Å². The van der Waals surface area contributed by atoms with E-state index in [2.05, 4.69) is 59.8 Å². The molecule has 7 atom stereocenters. The van der Waals surface area contributed by atoms with Gasteiger partial charge in [-0.25, -0.2) is 0 Å². The summed E-state index contributed by atoms with van der Waals surface area (Å²) in [5.74, 6) is 3.69. The Kier molecular flexibility index (Phi) is 5.69. The average Bonchev–Trinajstić information content (AvgIpc) is 3.03. The molecule has 4 rings (SSSR count). The molecule has 0 bridgehead atoms. The predicted octanol–water partition coefficient (Wildman–Crippen LogP) is 7.47. The maximum absolute atomic E-state index is 10.2. The molecule has 0 radical (unpaired) electrons. The number of hydrogen-bond acceptors (Lipinski definition) is 1. The highest BCUT2D eigenvalue weighted by Crippen LogP contribution is 2.64. The number of aliphatic hydroxyl groups is 1. The second-order valence-corrected chi connectivity index (χ2v) is 11.8. The first-order chi connectivity index (χ1) is 13.7. The predicted molar refractivity (Wildman–Crippen MR) is 124 cm³/mol. The zero-order chi connectivity index (χ0) is 21.0. The van der Waals surface area contributed by atoms with E-state index in [9.17, 15) is 5.11 Å². The average molecular weight is 397 g/mol. The van der Waals surface area contributed by atoms with Crippen LogP contribution in [0, 0.1) is 40.4 Å². The van der Waals surface area contributed by atoms with Crippen LogP contribution in [0.5, 0.6) is 0 Å². The third-order valence-electron chi connectivity index (χ3n) is 9.91. The minimum atomic E-state index is -0.109. The lowest BCUT2D eigenvalue weighted by atomic mass is 9.53. The highest BCUT2D eigenvalue weighted by molar-refractivity contribution is 5.43. The Balaban J connectivity index is 1.57. The van der Waals surface area contributed by atoms with E-state index in [1.54, 1.807) is 11.1 Å². The molecule has 0 aromatic rings. The van der Waals surface area contributed by atoms with Crippen molar-refractivity contribution in [1.82, 2.24) is 0 Å². The lowest BCUT2D eigenvalue weighted by molar-refractivity contribution is 0.0971. The van der Waals surface area contributed by atoms with Crippen molar-refractivity contribution in [2.75, 3.05) is 0 Å². The fourth-order valence-corrected chi connectivity index (χ4v) is 7.51. The molecule has 1 unspecified atom stereocenters. The van der Waals surface area contributed by atoms with Crippen LogP contribution in [0.3, 0.4) is 0 Å². The molecule has 4 aliphatic carbocycles. The second-order valence-electron chi connectivity index (χ2n) is 11.8. The highest BCUT2D eigenvalue weighted by Gasteiger charge is 2.54. The number of hydrogen-bond donors (Lipinski definition) is 1.